The summed E-state index contributed by atoms with van der Waals surface area (Å²) in [7, 11) is 0. The number of nitrogens with zero attached hydrogens (tertiary/aromatic N) is 3. The van der Waals surface area contributed by atoms with E-state index in [0.29, 0.717) is 23.9 Å². The number of amides is 1. The molecule has 0 spiro atoms. The van der Waals surface area contributed by atoms with Crippen LogP contribution in [0.5, 0.6) is 5.75 Å². The minimum atomic E-state index is -0.295. The molecule has 0 saturated carbocycles. The van der Waals surface area contributed by atoms with E-state index in [2.05, 4.69) is 31.3 Å². The molecule has 0 atom stereocenters. The van der Waals surface area contributed by atoms with Crippen molar-refractivity contribution in [2.45, 2.75) is 13.2 Å². The van der Waals surface area contributed by atoms with Crippen LogP contribution in [-0.4, -0.2) is 20.7 Å². The number of carbonyl (C=O) groups excluding carboxylic acids is 1. The van der Waals surface area contributed by atoms with Gasteiger partial charge >= 0.3 is 0 Å². The lowest BCUT2D eigenvalue weighted by atomic mass is 10.2. The Hall–Kier alpha value is -3.39. The lowest BCUT2D eigenvalue weighted by Crippen LogP contribution is -2.22. The maximum absolute atomic E-state index is 12.4. The minimum absolute atomic E-state index is 0.235. The van der Waals surface area contributed by atoms with Gasteiger partial charge in [0.2, 0.25) is 0 Å². The van der Waals surface area contributed by atoms with E-state index >= 15 is 0 Å². The fourth-order valence-electron chi connectivity index (χ4n) is 2.66. The predicted octanol–water partition coefficient (Wildman–Crippen LogP) is 4.13. The van der Waals surface area contributed by atoms with E-state index in [1.807, 2.05) is 48.7 Å². The molecule has 3 heterocycles. The van der Waals surface area contributed by atoms with Crippen LogP contribution in [0.4, 0.5) is 0 Å². The molecule has 4 rings (SSSR count). The van der Waals surface area contributed by atoms with Gasteiger partial charge in [-0.25, -0.2) is 9.67 Å². The van der Waals surface area contributed by atoms with E-state index in [1.54, 1.807) is 29.2 Å². The second-order valence-corrected chi connectivity index (χ2v) is 7.08. The van der Waals surface area contributed by atoms with E-state index in [1.165, 1.54) is 0 Å². The highest BCUT2D eigenvalue weighted by atomic mass is 79.9. The monoisotopic (exact) mass is 452 g/mol. The number of nitrogens with one attached hydrogen (secondary N) is 1. The molecule has 0 unspecified atom stereocenters. The van der Waals surface area contributed by atoms with Crippen molar-refractivity contribution in [3.8, 4) is 11.6 Å². The average Bonchev–Trinajstić information content (AvgIpc) is 3.43. The van der Waals surface area contributed by atoms with Crippen molar-refractivity contribution in [3.63, 3.8) is 0 Å². The number of ether oxygens (including phenoxy) is 1. The summed E-state index contributed by atoms with van der Waals surface area (Å²) < 4.78 is 13.9. The largest absolute Gasteiger partial charge is 0.486 e. The van der Waals surface area contributed by atoms with Gasteiger partial charge in [-0.1, -0.05) is 22.0 Å². The number of benzene rings is 1. The van der Waals surface area contributed by atoms with Gasteiger partial charge in [-0.15, -0.1) is 0 Å². The summed E-state index contributed by atoms with van der Waals surface area (Å²) in [6, 6.07) is 16.4. The second-order valence-electron chi connectivity index (χ2n) is 6.17. The third-order valence-electron chi connectivity index (χ3n) is 4.06. The van der Waals surface area contributed by atoms with Crippen molar-refractivity contribution in [1.82, 2.24) is 20.1 Å². The highest BCUT2D eigenvalue weighted by Gasteiger charge is 2.12. The van der Waals surface area contributed by atoms with Crippen LogP contribution in [0.1, 0.15) is 21.9 Å². The molecule has 3 aromatic heterocycles. The van der Waals surface area contributed by atoms with Gasteiger partial charge in [-0.05, 0) is 54.1 Å². The summed E-state index contributed by atoms with van der Waals surface area (Å²) in [5, 5.41) is 7.00. The zero-order valence-electron chi connectivity index (χ0n) is 15.3. The van der Waals surface area contributed by atoms with E-state index in [0.717, 1.165) is 10.0 Å². The molecule has 0 saturated heterocycles. The van der Waals surface area contributed by atoms with Crippen LogP contribution in [-0.2, 0) is 13.2 Å². The summed E-state index contributed by atoms with van der Waals surface area (Å²) >= 11 is 3.40. The maximum atomic E-state index is 12.4. The Bertz CT molecular complexity index is 1110. The van der Waals surface area contributed by atoms with Gasteiger partial charge < -0.3 is 14.5 Å². The zero-order valence-corrected chi connectivity index (χ0v) is 16.9. The van der Waals surface area contributed by atoms with Gasteiger partial charge in [0.05, 0.1) is 0 Å². The number of pyridine rings is 1. The Balaban J connectivity index is 1.33. The molecule has 8 heteroatoms. The summed E-state index contributed by atoms with van der Waals surface area (Å²) in [4.78, 5) is 16.7. The molecule has 0 fully saturated rings. The number of hydrogen-bond acceptors (Lipinski definition) is 5. The summed E-state index contributed by atoms with van der Waals surface area (Å²) in [6.45, 7) is 0.585. The highest BCUT2D eigenvalue weighted by molar-refractivity contribution is 9.10. The Morgan fingerprint density at radius 1 is 1.14 bits per heavy atom. The van der Waals surface area contributed by atoms with Crippen LogP contribution in [0.25, 0.3) is 5.82 Å². The number of carbonyl (C=O) groups is 1. The molecule has 4 aromatic rings. The zero-order chi connectivity index (χ0) is 20.1. The molecule has 0 aliphatic carbocycles. The first kappa shape index (κ1) is 18.9. The lowest BCUT2D eigenvalue weighted by molar-refractivity contribution is 0.0919. The number of rotatable bonds is 7. The Labute approximate surface area is 175 Å². The van der Waals surface area contributed by atoms with Crippen LogP contribution >= 0.6 is 15.9 Å². The number of halogens is 1. The Morgan fingerprint density at radius 2 is 2.07 bits per heavy atom. The van der Waals surface area contributed by atoms with E-state index in [4.69, 9.17) is 9.15 Å². The van der Waals surface area contributed by atoms with Gasteiger partial charge in [-0.2, -0.15) is 5.10 Å². The molecule has 1 amide bonds. The third-order valence-corrected chi connectivity index (χ3v) is 4.56. The molecule has 0 bridgehead atoms. The van der Waals surface area contributed by atoms with Crippen molar-refractivity contribution in [3.05, 3.63) is 94.7 Å². The molecule has 0 radical (unpaired) electrons. The molecule has 0 aliphatic heterocycles. The standard InChI is InChI=1S/C21H17BrN4O3/c22-16-3-1-4-17(12-16)28-14-18-5-6-19(29-18)21(27)24-13-15-7-9-23-20(11-15)26-10-2-8-25-26/h1-12H,13-14H2,(H,24,27). The van der Waals surface area contributed by atoms with Gasteiger partial charge in [0.1, 0.15) is 18.1 Å². The topological polar surface area (TPSA) is 82.2 Å². The Morgan fingerprint density at radius 3 is 2.90 bits per heavy atom. The quantitative estimate of drug-likeness (QED) is 0.455. The molecular weight excluding hydrogens is 436 g/mol. The van der Waals surface area contributed by atoms with Crippen molar-refractivity contribution < 1.29 is 13.9 Å². The molecule has 1 N–H and O–H groups in total. The maximum Gasteiger partial charge on any atom is 0.287 e. The van der Waals surface area contributed by atoms with Crippen molar-refractivity contribution in [2.75, 3.05) is 0 Å². The number of hydrogen-bond donors (Lipinski definition) is 1. The Kier molecular flexibility index (Phi) is 5.71. The third kappa shape index (κ3) is 4.91. The molecule has 146 valence electrons. The highest BCUT2D eigenvalue weighted by Crippen LogP contribution is 2.19. The SMILES string of the molecule is O=C(NCc1ccnc(-n2cccn2)c1)c1ccc(COc2cccc(Br)c2)o1. The number of furan rings is 1. The van der Waals surface area contributed by atoms with Gasteiger partial charge in [0.15, 0.2) is 11.6 Å². The molecular formula is C21H17BrN4O3. The van der Waals surface area contributed by atoms with E-state index in [9.17, 15) is 4.79 Å². The van der Waals surface area contributed by atoms with Crippen LogP contribution in [0.2, 0.25) is 0 Å². The first-order valence-electron chi connectivity index (χ1n) is 8.87. The van der Waals surface area contributed by atoms with Crippen LogP contribution < -0.4 is 10.1 Å². The smallest absolute Gasteiger partial charge is 0.287 e. The summed E-state index contributed by atoms with van der Waals surface area (Å²) in [5.41, 5.74) is 0.906. The molecule has 29 heavy (non-hydrogen) atoms. The van der Waals surface area contributed by atoms with Crippen molar-refractivity contribution >= 4 is 21.8 Å². The second kappa shape index (κ2) is 8.74. The van der Waals surface area contributed by atoms with Crippen LogP contribution in [0.3, 0.4) is 0 Å². The van der Waals surface area contributed by atoms with Crippen LogP contribution in [0.15, 0.2) is 82.1 Å². The molecule has 0 aliphatic rings. The van der Waals surface area contributed by atoms with E-state index in [-0.39, 0.29) is 18.3 Å². The van der Waals surface area contributed by atoms with E-state index < -0.39 is 0 Å². The summed E-state index contributed by atoms with van der Waals surface area (Å²) in [5.74, 6) is 1.91. The fourth-order valence-corrected chi connectivity index (χ4v) is 3.04. The average molecular weight is 453 g/mol. The number of aromatic nitrogens is 3. The fraction of sp³-hybridized carbons (Fsp3) is 0.0952. The minimum Gasteiger partial charge on any atom is -0.486 e. The van der Waals surface area contributed by atoms with Crippen molar-refractivity contribution in [2.24, 2.45) is 0 Å². The lowest BCUT2D eigenvalue weighted by Gasteiger charge is -2.06. The summed E-state index contributed by atoms with van der Waals surface area (Å²) in [6.07, 6.45) is 5.18. The predicted molar refractivity (Wildman–Crippen MR) is 110 cm³/mol. The molecule has 7 nitrogen and oxygen atoms in total. The van der Waals surface area contributed by atoms with Gasteiger partial charge in [-0.3, -0.25) is 4.79 Å². The normalized spacial score (nSPS) is 10.7. The van der Waals surface area contributed by atoms with Gasteiger partial charge in [0.25, 0.3) is 5.91 Å². The first-order chi connectivity index (χ1) is 14.2. The van der Waals surface area contributed by atoms with Crippen molar-refractivity contribution in [1.29, 1.82) is 0 Å². The molecule has 1 aromatic carbocycles. The van der Waals surface area contributed by atoms with Crippen LogP contribution in [0, 0.1) is 0 Å². The first-order valence-corrected chi connectivity index (χ1v) is 9.67. The van der Waals surface area contributed by atoms with Gasteiger partial charge in [0, 0.05) is 29.6 Å².